The number of hydrogen-bond acceptors (Lipinski definition) is 2. The summed E-state index contributed by atoms with van der Waals surface area (Å²) in [6.45, 7) is 0.0865. The molecule has 0 amide bonds. The molecule has 0 aliphatic heterocycles. The summed E-state index contributed by atoms with van der Waals surface area (Å²) in [4.78, 5) is 11.3. The van der Waals surface area contributed by atoms with Crippen molar-refractivity contribution in [3.8, 4) is 5.75 Å². The number of fused-ring (bicyclic) bond motifs is 1. The van der Waals surface area contributed by atoms with E-state index in [-0.39, 0.29) is 12.5 Å². The summed E-state index contributed by atoms with van der Waals surface area (Å²) >= 11 is 0. The second kappa shape index (κ2) is 4.77. The van der Waals surface area contributed by atoms with Gasteiger partial charge in [-0.1, -0.05) is 36.4 Å². The lowest BCUT2D eigenvalue weighted by Gasteiger charge is -2.06. The van der Waals surface area contributed by atoms with Crippen molar-refractivity contribution in [2.75, 3.05) is 13.6 Å². The fourth-order valence-corrected chi connectivity index (χ4v) is 1.57. The quantitative estimate of drug-likeness (QED) is 0.579. The molecule has 2 rings (SSSR count). The molecule has 0 N–H and O–H groups in total. The fraction of sp³-hybridized carbons (Fsp3) is 0.154. The van der Waals surface area contributed by atoms with Crippen LogP contribution < -0.4 is 10.1 Å². The Balaban J connectivity index is 2.33. The first-order chi connectivity index (χ1) is 7.81. The highest BCUT2D eigenvalue weighted by molar-refractivity contribution is 5.90. The molecule has 0 saturated heterocycles. The Labute approximate surface area is 94.0 Å². The van der Waals surface area contributed by atoms with Crippen molar-refractivity contribution in [3.63, 3.8) is 0 Å². The minimum atomic E-state index is -0.334. The number of nitrogens with zero attached hydrogens (tertiary/aromatic N) is 1. The van der Waals surface area contributed by atoms with E-state index in [1.807, 2.05) is 36.4 Å². The van der Waals surface area contributed by atoms with Crippen LogP contribution in [0.15, 0.2) is 42.5 Å². The van der Waals surface area contributed by atoms with Gasteiger partial charge in [-0.25, -0.2) is 5.32 Å². The summed E-state index contributed by atoms with van der Waals surface area (Å²) < 4.78 is 5.24. The van der Waals surface area contributed by atoms with Gasteiger partial charge in [0.15, 0.2) is 0 Å². The van der Waals surface area contributed by atoms with Gasteiger partial charge in [0.1, 0.15) is 12.3 Å². The molecule has 0 spiro atoms. The monoisotopic (exact) mass is 214 g/mol. The van der Waals surface area contributed by atoms with Gasteiger partial charge in [-0.05, 0) is 11.5 Å². The average Bonchev–Trinajstić information content (AvgIpc) is 2.30. The van der Waals surface area contributed by atoms with E-state index in [0.717, 1.165) is 10.8 Å². The molecule has 0 saturated carbocycles. The molecule has 0 fully saturated rings. The van der Waals surface area contributed by atoms with Gasteiger partial charge in [-0.3, -0.25) is 4.79 Å². The second-order valence-corrected chi connectivity index (χ2v) is 3.43. The van der Waals surface area contributed by atoms with Crippen LogP contribution in [0.4, 0.5) is 0 Å². The number of esters is 1. The van der Waals surface area contributed by atoms with Crippen LogP contribution in [0.1, 0.15) is 0 Å². The first kappa shape index (κ1) is 10.6. The first-order valence-corrected chi connectivity index (χ1v) is 5.05. The van der Waals surface area contributed by atoms with Crippen molar-refractivity contribution in [1.29, 1.82) is 0 Å². The van der Waals surface area contributed by atoms with E-state index in [2.05, 4.69) is 5.32 Å². The van der Waals surface area contributed by atoms with Gasteiger partial charge < -0.3 is 4.74 Å². The largest absolute Gasteiger partial charge is 0.425 e. The Morgan fingerprint density at radius 2 is 1.94 bits per heavy atom. The zero-order chi connectivity index (χ0) is 11.4. The van der Waals surface area contributed by atoms with E-state index in [1.54, 1.807) is 13.1 Å². The number of carbonyl (C=O) groups excluding carboxylic acids is 1. The fourth-order valence-electron chi connectivity index (χ4n) is 1.57. The summed E-state index contributed by atoms with van der Waals surface area (Å²) in [5.74, 6) is 0.255. The maximum Gasteiger partial charge on any atom is 0.327 e. The molecule has 2 aromatic rings. The highest BCUT2D eigenvalue weighted by Crippen LogP contribution is 2.24. The van der Waals surface area contributed by atoms with Crippen molar-refractivity contribution in [3.05, 3.63) is 42.5 Å². The third kappa shape index (κ3) is 2.20. The average molecular weight is 214 g/mol. The highest BCUT2D eigenvalue weighted by atomic mass is 16.5. The molecule has 81 valence electrons. The molecule has 3 heteroatoms. The van der Waals surface area contributed by atoms with Gasteiger partial charge in [0.05, 0.1) is 0 Å². The van der Waals surface area contributed by atoms with Crippen molar-refractivity contribution < 1.29 is 9.53 Å². The SMILES string of the molecule is C[N]CC(=O)Oc1cccc2ccccc12. The molecule has 0 heterocycles. The number of ether oxygens (including phenoxy) is 1. The number of benzene rings is 2. The summed E-state index contributed by atoms with van der Waals surface area (Å²) in [6.07, 6.45) is 0. The molecular formula is C13H12NO2. The predicted octanol–water partition coefficient (Wildman–Crippen LogP) is 1.98. The maximum absolute atomic E-state index is 11.3. The van der Waals surface area contributed by atoms with Crippen molar-refractivity contribution in [2.45, 2.75) is 0 Å². The van der Waals surface area contributed by atoms with Crippen LogP contribution in [0.3, 0.4) is 0 Å². The molecule has 0 aliphatic rings. The zero-order valence-electron chi connectivity index (χ0n) is 9.01. The van der Waals surface area contributed by atoms with Gasteiger partial charge in [-0.2, -0.15) is 0 Å². The molecule has 0 bridgehead atoms. The molecule has 2 aromatic carbocycles. The molecule has 0 atom stereocenters. The number of carbonyl (C=O) groups is 1. The van der Waals surface area contributed by atoms with Crippen LogP contribution in [0.25, 0.3) is 10.8 Å². The van der Waals surface area contributed by atoms with Gasteiger partial charge in [-0.15, -0.1) is 0 Å². The number of rotatable bonds is 3. The van der Waals surface area contributed by atoms with Crippen molar-refractivity contribution in [2.24, 2.45) is 0 Å². The van der Waals surface area contributed by atoms with Gasteiger partial charge in [0.25, 0.3) is 0 Å². The lowest BCUT2D eigenvalue weighted by atomic mass is 10.1. The Hall–Kier alpha value is -1.87. The third-order valence-electron chi connectivity index (χ3n) is 2.26. The Morgan fingerprint density at radius 1 is 1.19 bits per heavy atom. The normalized spacial score (nSPS) is 10.3. The lowest BCUT2D eigenvalue weighted by molar-refractivity contribution is -0.133. The number of likely N-dealkylation sites (N-methyl/N-ethyl adjacent to an activating group) is 1. The zero-order valence-corrected chi connectivity index (χ0v) is 9.01. The van der Waals surface area contributed by atoms with Crippen LogP contribution in [0.2, 0.25) is 0 Å². The third-order valence-corrected chi connectivity index (χ3v) is 2.26. The van der Waals surface area contributed by atoms with Crippen molar-refractivity contribution in [1.82, 2.24) is 5.32 Å². The molecule has 0 aromatic heterocycles. The Kier molecular flexibility index (Phi) is 3.17. The lowest BCUT2D eigenvalue weighted by Crippen LogP contribution is -2.18. The molecule has 0 unspecified atom stereocenters. The second-order valence-electron chi connectivity index (χ2n) is 3.43. The summed E-state index contributed by atoms with van der Waals surface area (Å²) in [5, 5.41) is 5.73. The van der Waals surface area contributed by atoms with Crippen LogP contribution in [0.5, 0.6) is 5.75 Å². The van der Waals surface area contributed by atoms with Crippen LogP contribution in [0, 0.1) is 0 Å². The first-order valence-electron chi connectivity index (χ1n) is 5.05. The number of hydrogen-bond donors (Lipinski definition) is 0. The molecule has 16 heavy (non-hydrogen) atoms. The topological polar surface area (TPSA) is 40.4 Å². The molecule has 1 radical (unpaired) electrons. The van der Waals surface area contributed by atoms with Crippen molar-refractivity contribution >= 4 is 16.7 Å². The molecular weight excluding hydrogens is 202 g/mol. The predicted molar refractivity (Wildman–Crippen MR) is 62.5 cm³/mol. The van der Waals surface area contributed by atoms with Gasteiger partial charge >= 0.3 is 5.97 Å². The van der Waals surface area contributed by atoms with Gasteiger partial charge in [0, 0.05) is 12.4 Å². The standard InChI is InChI=1S/C13H12NO2/c1-14-9-13(15)16-12-8-4-6-10-5-2-3-7-11(10)12/h2-8H,9H2,1H3. The Morgan fingerprint density at radius 3 is 2.75 bits per heavy atom. The van der Waals surface area contributed by atoms with E-state index in [9.17, 15) is 4.79 Å². The van der Waals surface area contributed by atoms with E-state index in [4.69, 9.17) is 4.74 Å². The van der Waals surface area contributed by atoms with Crippen LogP contribution >= 0.6 is 0 Å². The summed E-state index contributed by atoms with van der Waals surface area (Å²) in [5.41, 5.74) is 0. The molecule has 3 nitrogen and oxygen atoms in total. The minimum absolute atomic E-state index is 0.0865. The smallest absolute Gasteiger partial charge is 0.327 e. The van der Waals surface area contributed by atoms with E-state index in [0.29, 0.717) is 5.75 Å². The summed E-state index contributed by atoms with van der Waals surface area (Å²) in [7, 11) is 1.59. The maximum atomic E-state index is 11.3. The van der Waals surface area contributed by atoms with Crippen LogP contribution in [-0.4, -0.2) is 19.6 Å². The Bertz CT molecular complexity index is 503. The summed E-state index contributed by atoms with van der Waals surface area (Å²) in [6, 6.07) is 13.4. The highest BCUT2D eigenvalue weighted by Gasteiger charge is 2.06. The molecule has 0 aliphatic carbocycles. The minimum Gasteiger partial charge on any atom is -0.425 e. The van der Waals surface area contributed by atoms with E-state index < -0.39 is 0 Å². The van der Waals surface area contributed by atoms with Crippen LogP contribution in [-0.2, 0) is 4.79 Å². The van der Waals surface area contributed by atoms with E-state index in [1.165, 1.54) is 0 Å². The van der Waals surface area contributed by atoms with Gasteiger partial charge in [0.2, 0.25) is 0 Å². The van der Waals surface area contributed by atoms with E-state index >= 15 is 0 Å².